The molecule has 1 aromatic heterocycles. The van der Waals surface area contributed by atoms with Crippen molar-refractivity contribution in [2.45, 2.75) is 19.9 Å². The largest absolute Gasteiger partial charge is 0.342 e. The smallest absolute Gasteiger partial charge is 0.0530 e. The fraction of sp³-hybridized carbons (Fsp3) is 0.300. The van der Waals surface area contributed by atoms with Crippen LogP contribution in [0.15, 0.2) is 47.1 Å². The molecule has 0 spiro atoms. The first-order valence-corrected chi connectivity index (χ1v) is 9.29. The molecule has 0 amide bonds. The summed E-state index contributed by atoms with van der Waals surface area (Å²) in [5, 5.41) is 2.14. The van der Waals surface area contributed by atoms with Gasteiger partial charge in [-0.3, -0.25) is 0 Å². The van der Waals surface area contributed by atoms with Crippen LogP contribution in [0.1, 0.15) is 16.7 Å². The lowest BCUT2D eigenvalue weighted by Gasteiger charge is -2.10. The Labute approximate surface area is 157 Å². The molecule has 126 valence electrons. The molecule has 2 aromatic carbocycles. The standard InChI is InChI=1S/C20H22BrClN2/c1-14-19(22)9-8-17-15(10-11-23(2)3)12-24(20(14)17)13-16-6-4-5-7-18(16)21/h4-9,12H,10-11,13H2,1-3H3. The summed E-state index contributed by atoms with van der Waals surface area (Å²) >= 11 is 10.1. The van der Waals surface area contributed by atoms with Gasteiger partial charge in [0.2, 0.25) is 0 Å². The van der Waals surface area contributed by atoms with E-state index in [1.807, 2.05) is 12.1 Å². The maximum absolute atomic E-state index is 6.40. The second kappa shape index (κ2) is 7.30. The fourth-order valence-electron chi connectivity index (χ4n) is 3.11. The van der Waals surface area contributed by atoms with E-state index in [1.54, 1.807) is 0 Å². The van der Waals surface area contributed by atoms with Gasteiger partial charge in [-0.05, 0) is 56.3 Å². The molecule has 2 nitrogen and oxygen atoms in total. The Morgan fingerprint density at radius 3 is 2.54 bits per heavy atom. The molecule has 0 aliphatic rings. The summed E-state index contributed by atoms with van der Waals surface area (Å²) < 4.78 is 3.48. The number of hydrogen-bond donors (Lipinski definition) is 0. The summed E-state index contributed by atoms with van der Waals surface area (Å²) in [6.07, 6.45) is 3.32. The van der Waals surface area contributed by atoms with E-state index in [2.05, 4.69) is 76.9 Å². The van der Waals surface area contributed by atoms with Crippen molar-refractivity contribution in [2.24, 2.45) is 0 Å². The van der Waals surface area contributed by atoms with Crippen molar-refractivity contribution in [1.29, 1.82) is 0 Å². The highest BCUT2D eigenvalue weighted by molar-refractivity contribution is 9.10. The van der Waals surface area contributed by atoms with Crippen LogP contribution in [-0.2, 0) is 13.0 Å². The van der Waals surface area contributed by atoms with Gasteiger partial charge >= 0.3 is 0 Å². The number of nitrogens with zero attached hydrogens (tertiary/aromatic N) is 2. The molecule has 0 radical (unpaired) electrons. The van der Waals surface area contributed by atoms with Crippen LogP contribution in [0.5, 0.6) is 0 Å². The summed E-state index contributed by atoms with van der Waals surface area (Å²) in [4.78, 5) is 2.22. The van der Waals surface area contributed by atoms with E-state index in [9.17, 15) is 0 Å². The van der Waals surface area contributed by atoms with Crippen LogP contribution < -0.4 is 0 Å². The van der Waals surface area contributed by atoms with Gasteiger partial charge in [0.05, 0.1) is 5.52 Å². The number of aromatic nitrogens is 1. The molecule has 0 saturated heterocycles. The second-order valence-corrected chi connectivity index (χ2v) is 7.76. The third kappa shape index (κ3) is 3.53. The number of benzene rings is 2. The minimum absolute atomic E-state index is 0.827. The first kappa shape index (κ1) is 17.5. The molecule has 0 saturated carbocycles. The first-order valence-electron chi connectivity index (χ1n) is 8.12. The number of halogens is 2. The average Bonchev–Trinajstić information content (AvgIpc) is 2.89. The average molecular weight is 406 g/mol. The van der Waals surface area contributed by atoms with Crippen LogP contribution in [0, 0.1) is 6.92 Å². The van der Waals surface area contributed by atoms with Gasteiger partial charge in [0, 0.05) is 34.2 Å². The van der Waals surface area contributed by atoms with Crippen LogP contribution in [-0.4, -0.2) is 30.1 Å². The molecular formula is C20H22BrClN2. The van der Waals surface area contributed by atoms with Gasteiger partial charge in [-0.15, -0.1) is 0 Å². The molecule has 0 aliphatic carbocycles. The molecule has 24 heavy (non-hydrogen) atoms. The summed E-state index contributed by atoms with van der Waals surface area (Å²) in [5.74, 6) is 0. The highest BCUT2D eigenvalue weighted by atomic mass is 79.9. The van der Waals surface area contributed by atoms with E-state index in [1.165, 1.54) is 22.0 Å². The Kier molecular flexibility index (Phi) is 5.33. The molecule has 4 heteroatoms. The van der Waals surface area contributed by atoms with Crippen LogP contribution in [0.3, 0.4) is 0 Å². The maximum Gasteiger partial charge on any atom is 0.0530 e. The third-order valence-electron chi connectivity index (χ3n) is 4.44. The Bertz CT molecular complexity index is 867. The Hall–Kier alpha value is -1.29. The zero-order valence-electron chi connectivity index (χ0n) is 14.3. The van der Waals surface area contributed by atoms with Gasteiger partial charge in [0.15, 0.2) is 0 Å². The van der Waals surface area contributed by atoms with Gasteiger partial charge in [0.25, 0.3) is 0 Å². The van der Waals surface area contributed by atoms with Crippen molar-refractivity contribution < 1.29 is 0 Å². The summed E-state index contributed by atoms with van der Waals surface area (Å²) in [6, 6.07) is 12.6. The number of likely N-dealkylation sites (N-methyl/N-ethyl adjacent to an activating group) is 1. The highest BCUT2D eigenvalue weighted by Gasteiger charge is 2.14. The molecule has 1 heterocycles. The van der Waals surface area contributed by atoms with Gasteiger partial charge in [0.1, 0.15) is 0 Å². The third-order valence-corrected chi connectivity index (χ3v) is 5.62. The number of fused-ring (bicyclic) bond motifs is 1. The zero-order valence-corrected chi connectivity index (χ0v) is 16.7. The van der Waals surface area contributed by atoms with Gasteiger partial charge in [-0.1, -0.05) is 51.8 Å². The van der Waals surface area contributed by atoms with E-state index < -0.39 is 0 Å². The van der Waals surface area contributed by atoms with Gasteiger partial charge in [-0.25, -0.2) is 0 Å². The first-order chi connectivity index (χ1) is 11.5. The zero-order chi connectivity index (χ0) is 17.3. The maximum atomic E-state index is 6.40. The van der Waals surface area contributed by atoms with Crippen LogP contribution >= 0.6 is 27.5 Å². The highest BCUT2D eigenvalue weighted by Crippen LogP contribution is 2.31. The van der Waals surface area contributed by atoms with Gasteiger partial charge < -0.3 is 9.47 Å². The van der Waals surface area contributed by atoms with Crippen LogP contribution in [0.25, 0.3) is 10.9 Å². The Balaban J connectivity index is 2.09. The number of rotatable bonds is 5. The van der Waals surface area contributed by atoms with Crippen LogP contribution in [0.2, 0.25) is 5.02 Å². The minimum atomic E-state index is 0.827. The minimum Gasteiger partial charge on any atom is -0.342 e. The number of aryl methyl sites for hydroxylation is 1. The van der Waals surface area contributed by atoms with Crippen molar-refractivity contribution in [3.8, 4) is 0 Å². The fourth-order valence-corrected chi connectivity index (χ4v) is 3.67. The van der Waals surface area contributed by atoms with E-state index >= 15 is 0 Å². The van der Waals surface area contributed by atoms with E-state index in [4.69, 9.17) is 11.6 Å². The monoisotopic (exact) mass is 404 g/mol. The normalized spacial score (nSPS) is 11.6. The van der Waals surface area contributed by atoms with E-state index in [-0.39, 0.29) is 0 Å². The topological polar surface area (TPSA) is 8.17 Å². The van der Waals surface area contributed by atoms with Crippen molar-refractivity contribution in [2.75, 3.05) is 20.6 Å². The van der Waals surface area contributed by atoms with Crippen molar-refractivity contribution >= 4 is 38.4 Å². The van der Waals surface area contributed by atoms with Crippen molar-refractivity contribution in [3.63, 3.8) is 0 Å². The van der Waals surface area contributed by atoms with Crippen LogP contribution in [0.4, 0.5) is 0 Å². The Morgan fingerprint density at radius 1 is 1.08 bits per heavy atom. The molecular weight excluding hydrogens is 384 g/mol. The summed E-state index contributed by atoms with van der Waals surface area (Å²) in [6.45, 7) is 3.98. The molecule has 3 rings (SSSR count). The second-order valence-electron chi connectivity index (χ2n) is 6.50. The Morgan fingerprint density at radius 2 is 1.83 bits per heavy atom. The molecule has 0 unspecified atom stereocenters. The predicted octanol–water partition coefficient (Wildman–Crippen LogP) is 5.52. The lowest BCUT2D eigenvalue weighted by molar-refractivity contribution is 0.414. The predicted molar refractivity (Wildman–Crippen MR) is 107 cm³/mol. The molecule has 0 aliphatic heterocycles. The molecule has 0 fully saturated rings. The SMILES string of the molecule is Cc1c(Cl)ccc2c(CCN(C)C)cn(Cc3ccccc3Br)c12. The van der Waals surface area contributed by atoms with Crippen molar-refractivity contribution in [1.82, 2.24) is 9.47 Å². The molecule has 0 atom stereocenters. The summed E-state index contributed by atoms with van der Waals surface area (Å²) in [5.41, 5.74) is 5.04. The van der Waals surface area contributed by atoms with E-state index in [0.29, 0.717) is 0 Å². The quantitative estimate of drug-likeness (QED) is 0.543. The van der Waals surface area contributed by atoms with Crippen molar-refractivity contribution in [3.05, 3.63) is 68.8 Å². The van der Waals surface area contributed by atoms with Gasteiger partial charge in [-0.2, -0.15) is 0 Å². The molecule has 3 aromatic rings. The summed E-state index contributed by atoms with van der Waals surface area (Å²) in [7, 11) is 4.23. The molecule has 0 bridgehead atoms. The lowest BCUT2D eigenvalue weighted by atomic mass is 10.1. The molecule has 0 N–H and O–H groups in total. The van der Waals surface area contributed by atoms with E-state index in [0.717, 1.165) is 34.6 Å². The lowest BCUT2D eigenvalue weighted by Crippen LogP contribution is -2.14. The number of hydrogen-bond acceptors (Lipinski definition) is 1.